The topological polar surface area (TPSA) is 75.3 Å². The van der Waals surface area contributed by atoms with Gasteiger partial charge in [-0.1, -0.05) is 0 Å². The molecule has 7 heteroatoms. The number of nitrogens with one attached hydrogen (secondary N) is 2. The fourth-order valence-corrected chi connectivity index (χ4v) is 3.51. The number of hydrazine groups is 1. The molecular weight excluding hydrogens is 236 g/mol. The number of hydrogen-bond donors (Lipinski definition) is 2. The van der Waals surface area contributed by atoms with Crippen molar-refractivity contribution in [3.8, 4) is 0 Å². The molecule has 0 fully saturated rings. The molecule has 0 spiro atoms. The van der Waals surface area contributed by atoms with Crippen molar-refractivity contribution < 1.29 is 13.2 Å². The molecule has 0 aliphatic carbocycles. The number of carbonyl (C=O) groups is 1. The second-order valence-electron chi connectivity index (χ2n) is 3.06. The molecule has 2 N–H and O–H groups in total. The molecular formula is C8H12N2O3S2. The van der Waals surface area contributed by atoms with Gasteiger partial charge in [0.2, 0.25) is 5.91 Å². The van der Waals surface area contributed by atoms with Crippen LogP contribution in [0.4, 0.5) is 0 Å². The van der Waals surface area contributed by atoms with Gasteiger partial charge in [-0.05, 0) is 19.9 Å². The van der Waals surface area contributed by atoms with E-state index in [4.69, 9.17) is 0 Å². The van der Waals surface area contributed by atoms with Crippen LogP contribution < -0.4 is 10.3 Å². The van der Waals surface area contributed by atoms with E-state index >= 15 is 0 Å². The van der Waals surface area contributed by atoms with E-state index in [1.54, 1.807) is 13.0 Å². The SMILES string of the molecule is CC(=O)NNS(=O)(=O)c1cc(C)sc1C. The lowest BCUT2D eigenvalue weighted by Crippen LogP contribution is -2.40. The van der Waals surface area contributed by atoms with Gasteiger partial charge in [-0.15, -0.1) is 16.2 Å². The fourth-order valence-electron chi connectivity index (χ4n) is 1.07. The molecule has 0 atom stereocenters. The van der Waals surface area contributed by atoms with Crippen LogP contribution in [0.1, 0.15) is 16.7 Å². The third kappa shape index (κ3) is 3.01. The van der Waals surface area contributed by atoms with Crippen molar-refractivity contribution in [2.75, 3.05) is 0 Å². The molecule has 1 heterocycles. The largest absolute Gasteiger partial charge is 0.278 e. The smallest absolute Gasteiger partial charge is 0.258 e. The fraction of sp³-hybridized carbons (Fsp3) is 0.375. The Morgan fingerprint density at radius 1 is 1.40 bits per heavy atom. The number of sulfonamides is 1. The van der Waals surface area contributed by atoms with E-state index < -0.39 is 15.9 Å². The van der Waals surface area contributed by atoms with Crippen LogP contribution in [-0.2, 0) is 14.8 Å². The Hall–Kier alpha value is -0.920. The summed E-state index contributed by atoms with van der Waals surface area (Å²) in [5.41, 5.74) is 2.05. The summed E-state index contributed by atoms with van der Waals surface area (Å²) in [5, 5.41) is 0. The third-order valence-electron chi connectivity index (χ3n) is 1.65. The summed E-state index contributed by atoms with van der Waals surface area (Å²) in [6.45, 7) is 4.78. The molecule has 0 aromatic carbocycles. The first-order chi connectivity index (χ1) is 6.83. The first kappa shape index (κ1) is 12.2. The van der Waals surface area contributed by atoms with Gasteiger partial charge in [0, 0.05) is 16.7 Å². The first-order valence-electron chi connectivity index (χ1n) is 4.18. The van der Waals surface area contributed by atoms with Crippen molar-refractivity contribution in [3.05, 3.63) is 15.8 Å². The first-order valence-corrected chi connectivity index (χ1v) is 6.48. The van der Waals surface area contributed by atoms with Crippen LogP contribution in [0.3, 0.4) is 0 Å². The standard InChI is InChI=1S/C8H12N2O3S2/c1-5-4-8(6(2)14-5)15(12,13)10-9-7(3)11/h4,10H,1-3H3,(H,9,11). The minimum absolute atomic E-state index is 0.207. The van der Waals surface area contributed by atoms with E-state index in [1.165, 1.54) is 18.3 Å². The average molecular weight is 248 g/mol. The predicted octanol–water partition coefficient (Wildman–Crippen LogP) is 0.694. The summed E-state index contributed by atoms with van der Waals surface area (Å²) in [6, 6.07) is 1.57. The van der Waals surface area contributed by atoms with Crippen molar-refractivity contribution in [1.82, 2.24) is 10.3 Å². The number of thiophene rings is 1. The molecule has 1 aromatic rings. The van der Waals surface area contributed by atoms with Gasteiger partial charge in [-0.25, -0.2) is 8.42 Å². The van der Waals surface area contributed by atoms with E-state index in [9.17, 15) is 13.2 Å². The van der Waals surface area contributed by atoms with Crippen molar-refractivity contribution in [2.24, 2.45) is 0 Å². The second kappa shape index (κ2) is 4.30. The molecule has 1 rings (SSSR count). The quantitative estimate of drug-likeness (QED) is 0.773. The Balaban J connectivity index is 2.96. The maximum absolute atomic E-state index is 11.7. The summed E-state index contributed by atoms with van der Waals surface area (Å²) < 4.78 is 23.3. The molecule has 5 nitrogen and oxygen atoms in total. The van der Waals surface area contributed by atoms with Crippen LogP contribution in [-0.4, -0.2) is 14.3 Å². The monoisotopic (exact) mass is 248 g/mol. The van der Waals surface area contributed by atoms with E-state index in [2.05, 4.69) is 0 Å². The number of carbonyl (C=O) groups excluding carboxylic acids is 1. The number of hydrogen-bond acceptors (Lipinski definition) is 4. The van der Waals surface area contributed by atoms with Gasteiger partial charge >= 0.3 is 0 Å². The third-order valence-corrected chi connectivity index (χ3v) is 4.12. The lowest BCUT2D eigenvalue weighted by atomic mass is 10.4. The van der Waals surface area contributed by atoms with Gasteiger partial charge in [0.1, 0.15) is 0 Å². The lowest BCUT2D eigenvalue weighted by molar-refractivity contribution is -0.119. The Kier molecular flexibility index (Phi) is 3.48. The van der Waals surface area contributed by atoms with Crippen molar-refractivity contribution in [1.29, 1.82) is 0 Å². The van der Waals surface area contributed by atoms with Crippen molar-refractivity contribution >= 4 is 27.3 Å². The summed E-state index contributed by atoms with van der Waals surface area (Å²) in [6.07, 6.45) is 0. The second-order valence-corrected chi connectivity index (χ2v) is 6.18. The average Bonchev–Trinajstić information content (AvgIpc) is 2.43. The minimum Gasteiger partial charge on any atom is -0.278 e. The maximum Gasteiger partial charge on any atom is 0.258 e. The Labute approximate surface area is 92.5 Å². The molecule has 0 saturated heterocycles. The lowest BCUT2D eigenvalue weighted by Gasteiger charge is -2.05. The van der Waals surface area contributed by atoms with Gasteiger partial charge in [0.15, 0.2) is 0 Å². The van der Waals surface area contributed by atoms with Gasteiger partial charge < -0.3 is 0 Å². The summed E-state index contributed by atoms with van der Waals surface area (Å²) in [5.74, 6) is -0.455. The van der Waals surface area contributed by atoms with E-state index in [0.717, 1.165) is 4.88 Å². The van der Waals surface area contributed by atoms with Crippen LogP contribution in [0, 0.1) is 13.8 Å². The highest BCUT2D eigenvalue weighted by Crippen LogP contribution is 2.24. The van der Waals surface area contributed by atoms with Gasteiger partial charge in [-0.3, -0.25) is 10.2 Å². The Bertz CT molecular complexity index is 476. The van der Waals surface area contributed by atoms with Crippen LogP contribution in [0.15, 0.2) is 11.0 Å². The highest BCUT2D eigenvalue weighted by molar-refractivity contribution is 7.89. The zero-order valence-electron chi connectivity index (χ0n) is 8.62. The molecule has 1 amide bonds. The number of aryl methyl sites for hydroxylation is 2. The molecule has 0 bridgehead atoms. The van der Waals surface area contributed by atoms with E-state index in [0.29, 0.717) is 4.88 Å². The van der Waals surface area contributed by atoms with Gasteiger partial charge in [0.05, 0.1) is 4.90 Å². The van der Waals surface area contributed by atoms with Gasteiger partial charge in [-0.2, -0.15) is 0 Å². The normalized spacial score (nSPS) is 11.4. The maximum atomic E-state index is 11.7. The molecule has 0 aliphatic rings. The molecule has 0 radical (unpaired) electrons. The zero-order valence-corrected chi connectivity index (χ0v) is 10.3. The van der Waals surface area contributed by atoms with Crippen molar-refractivity contribution in [3.63, 3.8) is 0 Å². The number of rotatable bonds is 3. The van der Waals surface area contributed by atoms with E-state index in [-0.39, 0.29) is 4.90 Å². The van der Waals surface area contributed by atoms with Crippen LogP contribution >= 0.6 is 11.3 Å². The molecule has 0 unspecified atom stereocenters. The molecule has 0 aliphatic heterocycles. The Morgan fingerprint density at radius 3 is 2.40 bits per heavy atom. The summed E-state index contributed by atoms with van der Waals surface area (Å²) >= 11 is 1.40. The van der Waals surface area contributed by atoms with Crippen LogP contribution in [0.5, 0.6) is 0 Å². The highest BCUT2D eigenvalue weighted by Gasteiger charge is 2.18. The highest BCUT2D eigenvalue weighted by atomic mass is 32.2. The zero-order chi connectivity index (χ0) is 11.6. The summed E-state index contributed by atoms with van der Waals surface area (Å²) in [7, 11) is -3.64. The van der Waals surface area contributed by atoms with Crippen LogP contribution in [0.2, 0.25) is 0 Å². The van der Waals surface area contributed by atoms with E-state index in [1.807, 2.05) is 17.2 Å². The molecule has 15 heavy (non-hydrogen) atoms. The molecule has 1 aromatic heterocycles. The van der Waals surface area contributed by atoms with Crippen LogP contribution in [0.25, 0.3) is 0 Å². The molecule has 0 saturated carbocycles. The predicted molar refractivity (Wildman–Crippen MR) is 57.9 cm³/mol. The minimum atomic E-state index is -3.64. The number of amides is 1. The Morgan fingerprint density at radius 2 is 2.00 bits per heavy atom. The van der Waals surface area contributed by atoms with Crippen molar-refractivity contribution in [2.45, 2.75) is 25.7 Å². The molecule has 84 valence electrons. The van der Waals surface area contributed by atoms with Gasteiger partial charge in [0.25, 0.3) is 10.0 Å². The summed E-state index contributed by atoms with van der Waals surface area (Å²) in [4.78, 5) is 14.4.